The molecule has 0 unspecified atom stereocenters. The Hall–Kier alpha value is -1.51. The molecule has 0 heterocycles. The third-order valence-corrected chi connectivity index (χ3v) is 3.29. The second kappa shape index (κ2) is 5.89. The molecule has 3 nitrogen and oxygen atoms in total. The van der Waals surface area contributed by atoms with Gasteiger partial charge in [0.25, 0.3) is 0 Å². The van der Waals surface area contributed by atoms with E-state index in [9.17, 15) is 0 Å². The summed E-state index contributed by atoms with van der Waals surface area (Å²) in [5.41, 5.74) is 10.1. The molecule has 0 aliphatic heterocycles. The van der Waals surface area contributed by atoms with E-state index in [-0.39, 0.29) is 0 Å². The fourth-order valence-electron chi connectivity index (χ4n) is 2.26. The predicted octanol–water partition coefficient (Wildman–Crippen LogP) is 2.24. The van der Waals surface area contributed by atoms with Gasteiger partial charge in [0.1, 0.15) is 0 Å². The third kappa shape index (κ3) is 3.49. The van der Waals surface area contributed by atoms with Gasteiger partial charge in [-0.05, 0) is 41.9 Å². The average Bonchev–Trinajstić information content (AvgIpc) is 2.81. The zero-order valence-electron chi connectivity index (χ0n) is 11.4. The Balaban J connectivity index is 1.91. The molecule has 18 heavy (non-hydrogen) atoms. The molecule has 3 N–H and O–H groups in total. The van der Waals surface area contributed by atoms with Crippen molar-refractivity contribution in [3.63, 3.8) is 0 Å². The van der Waals surface area contributed by atoms with Crippen molar-refractivity contribution in [2.75, 3.05) is 6.54 Å². The lowest BCUT2D eigenvalue weighted by Gasteiger charge is -2.08. The molecule has 0 saturated heterocycles. The predicted molar refractivity (Wildman–Crippen MR) is 76.6 cm³/mol. The fourth-order valence-corrected chi connectivity index (χ4v) is 2.26. The lowest BCUT2D eigenvalue weighted by molar-refractivity contribution is 0.622. The minimum atomic E-state index is 0.546. The first kappa shape index (κ1) is 12.9. The van der Waals surface area contributed by atoms with Crippen LogP contribution in [0.15, 0.2) is 23.2 Å². The Kier molecular flexibility index (Phi) is 4.24. The van der Waals surface area contributed by atoms with Crippen molar-refractivity contribution in [3.8, 4) is 0 Å². The van der Waals surface area contributed by atoms with E-state index in [1.165, 1.54) is 36.0 Å². The Labute approximate surface area is 109 Å². The number of aliphatic imine (C=N–C) groups is 1. The van der Waals surface area contributed by atoms with E-state index < -0.39 is 0 Å². The Morgan fingerprint density at radius 1 is 1.33 bits per heavy atom. The van der Waals surface area contributed by atoms with E-state index in [2.05, 4.69) is 42.4 Å². The van der Waals surface area contributed by atoms with Gasteiger partial charge in [-0.25, -0.2) is 4.99 Å². The summed E-state index contributed by atoms with van der Waals surface area (Å²) in [6.07, 6.45) is 3.74. The maximum Gasteiger partial charge on any atom is 0.188 e. The van der Waals surface area contributed by atoms with E-state index >= 15 is 0 Å². The van der Waals surface area contributed by atoms with Gasteiger partial charge < -0.3 is 11.1 Å². The highest BCUT2D eigenvalue weighted by atomic mass is 15.1. The molecule has 3 heteroatoms. The summed E-state index contributed by atoms with van der Waals surface area (Å²) in [4.78, 5) is 4.38. The topological polar surface area (TPSA) is 50.4 Å². The Bertz CT molecular complexity index is 435. The van der Waals surface area contributed by atoms with Crippen LogP contribution in [0.25, 0.3) is 0 Å². The van der Waals surface area contributed by atoms with Gasteiger partial charge in [-0.15, -0.1) is 0 Å². The van der Waals surface area contributed by atoms with Gasteiger partial charge in [0.15, 0.2) is 5.96 Å². The molecule has 2 rings (SSSR count). The normalized spacial score (nSPS) is 14.9. The highest BCUT2D eigenvalue weighted by molar-refractivity contribution is 5.77. The van der Waals surface area contributed by atoms with E-state index in [4.69, 9.17) is 5.73 Å². The first-order chi connectivity index (χ1) is 8.65. The molecule has 0 amide bonds. The summed E-state index contributed by atoms with van der Waals surface area (Å²) in [6.45, 7) is 5.85. The van der Waals surface area contributed by atoms with Gasteiger partial charge in [-0.2, -0.15) is 0 Å². The Morgan fingerprint density at radius 2 is 2.11 bits per heavy atom. The van der Waals surface area contributed by atoms with Crippen LogP contribution in [0.4, 0.5) is 0 Å². The highest BCUT2D eigenvalue weighted by Crippen LogP contribution is 2.22. The van der Waals surface area contributed by atoms with Crippen LogP contribution in [0.1, 0.15) is 37.0 Å². The standard InChI is InChI=1S/C15H23N3/c1-11(2)9-17-15(16)18-10-12-6-7-13-4-3-5-14(13)8-12/h6-8,11H,3-5,9-10H2,1-2H3,(H3,16,17,18). The first-order valence-electron chi connectivity index (χ1n) is 6.79. The van der Waals surface area contributed by atoms with E-state index in [0.29, 0.717) is 18.4 Å². The maximum absolute atomic E-state index is 5.82. The van der Waals surface area contributed by atoms with Gasteiger partial charge in [0, 0.05) is 6.54 Å². The lowest BCUT2D eigenvalue weighted by atomic mass is 10.1. The smallest absolute Gasteiger partial charge is 0.188 e. The van der Waals surface area contributed by atoms with Crippen LogP contribution in [0.3, 0.4) is 0 Å². The number of benzene rings is 1. The number of rotatable bonds is 4. The number of hydrogen-bond acceptors (Lipinski definition) is 1. The summed E-state index contributed by atoms with van der Waals surface area (Å²) in [5, 5.41) is 3.13. The molecule has 0 saturated carbocycles. The second-order valence-electron chi connectivity index (χ2n) is 5.43. The minimum Gasteiger partial charge on any atom is -0.370 e. The number of nitrogens with one attached hydrogen (secondary N) is 1. The summed E-state index contributed by atoms with van der Waals surface area (Å²) >= 11 is 0. The quantitative estimate of drug-likeness (QED) is 0.631. The van der Waals surface area contributed by atoms with Crippen LogP contribution in [0.5, 0.6) is 0 Å². The zero-order valence-corrected chi connectivity index (χ0v) is 11.4. The molecule has 0 atom stereocenters. The van der Waals surface area contributed by atoms with E-state index in [0.717, 1.165) is 6.54 Å². The monoisotopic (exact) mass is 245 g/mol. The van der Waals surface area contributed by atoms with Crippen molar-refractivity contribution >= 4 is 5.96 Å². The van der Waals surface area contributed by atoms with Crippen LogP contribution >= 0.6 is 0 Å². The molecule has 1 aromatic carbocycles. The molecular formula is C15H23N3. The molecule has 0 bridgehead atoms. The summed E-state index contributed by atoms with van der Waals surface area (Å²) in [7, 11) is 0. The molecule has 0 radical (unpaired) electrons. The molecule has 1 aliphatic carbocycles. The van der Waals surface area contributed by atoms with Crippen molar-refractivity contribution in [1.82, 2.24) is 5.32 Å². The SMILES string of the molecule is CC(C)CNC(N)=NCc1ccc2c(c1)CCC2. The van der Waals surface area contributed by atoms with Crippen molar-refractivity contribution in [1.29, 1.82) is 0 Å². The van der Waals surface area contributed by atoms with Crippen LogP contribution in [-0.4, -0.2) is 12.5 Å². The van der Waals surface area contributed by atoms with Gasteiger partial charge >= 0.3 is 0 Å². The fraction of sp³-hybridized carbons (Fsp3) is 0.533. The van der Waals surface area contributed by atoms with Crippen molar-refractivity contribution in [2.45, 2.75) is 39.7 Å². The lowest BCUT2D eigenvalue weighted by Crippen LogP contribution is -2.34. The van der Waals surface area contributed by atoms with E-state index in [1.807, 2.05) is 0 Å². The van der Waals surface area contributed by atoms with Crippen molar-refractivity contribution < 1.29 is 0 Å². The molecule has 98 valence electrons. The second-order valence-corrected chi connectivity index (χ2v) is 5.43. The zero-order chi connectivity index (χ0) is 13.0. The number of aryl methyl sites for hydroxylation is 2. The van der Waals surface area contributed by atoms with Crippen LogP contribution in [-0.2, 0) is 19.4 Å². The number of fused-ring (bicyclic) bond motifs is 1. The Morgan fingerprint density at radius 3 is 2.89 bits per heavy atom. The summed E-state index contributed by atoms with van der Waals surface area (Å²) in [6, 6.07) is 6.69. The number of nitrogens with zero attached hydrogens (tertiary/aromatic N) is 1. The van der Waals surface area contributed by atoms with Crippen LogP contribution < -0.4 is 11.1 Å². The molecule has 1 aromatic rings. The summed E-state index contributed by atoms with van der Waals surface area (Å²) < 4.78 is 0. The van der Waals surface area contributed by atoms with Crippen molar-refractivity contribution in [3.05, 3.63) is 34.9 Å². The minimum absolute atomic E-state index is 0.546. The van der Waals surface area contributed by atoms with Gasteiger partial charge in [-0.1, -0.05) is 32.0 Å². The largest absolute Gasteiger partial charge is 0.370 e. The molecule has 0 aromatic heterocycles. The number of guanidine groups is 1. The van der Waals surface area contributed by atoms with Gasteiger partial charge in [-0.3, -0.25) is 0 Å². The maximum atomic E-state index is 5.82. The molecule has 0 spiro atoms. The van der Waals surface area contributed by atoms with Gasteiger partial charge in [0.2, 0.25) is 0 Å². The molecular weight excluding hydrogens is 222 g/mol. The van der Waals surface area contributed by atoms with Crippen molar-refractivity contribution in [2.24, 2.45) is 16.6 Å². The third-order valence-electron chi connectivity index (χ3n) is 3.29. The molecule has 0 fully saturated rings. The summed E-state index contributed by atoms with van der Waals surface area (Å²) in [5.74, 6) is 1.13. The highest BCUT2D eigenvalue weighted by Gasteiger charge is 2.10. The number of hydrogen-bond donors (Lipinski definition) is 2. The van der Waals surface area contributed by atoms with E-state index in [1.54, 1.807) is 0 Å². The average molecular weight is 245 g/mol. The molecule has 1 aliphatic rings. The van der Waals surface area contributed by atoms with Crippen LogP contribution in [0.2, 0.25) is 0 Å². The van der Waals surface area contributed by atoms with Gasteiger partial charge in [0.05, 0.1) is 6.54 Å². The first-order valence-corrected chi connectivity index (χ1v) is 6.79. The van der Waals surface area contributed by atoms with Crippen LogP contribution in [0, 0.1) is 5.92 Å². The number of nitrogens with two attached hydrogens (primary N) is 1.